The smallest absolute Gasteiger partial charge is 0.308 e. The highest BCUT2D eigenvalue weighted by Gasteiger charge is 2.41. The van der Waals surface area contributed by atoms with Gasteiger partial charge in [-0.2, -0.15) is 0 Å². The van der Waals surface area contributed by atoms with Crippen LogP contribution in [0.5, 0.6) is 11.5 Å². The summed E-state index contributed by atoms with van der Waals surface area (Å²) in [5.41, 5.74) is 25.3. The molecule has 0 aromatic heterocycles. The predicted molar refractivity (Wildman–Crippen MR) is 493 cm³/mol. The first-order chi connectivity index (χ1) is 60.0. The number of carbonyl (C=O) groups is 12. The maximum Gasteiger partial charge on any atom is 0.308 e. The number of esters is 2. The summed E-state index contributed by atoms with van der Waals surface area (Å²) in [7, 11) is -8.78. The number of ether oxygens (including phenoxy) is 4. The van der Waals surface area contributed by atoms with Gasteiger partial charge in [0.05, 0.1) is 22.6 Å². The number of nitrogens with one attached hydrogen (secondary N) is 11. The van der Waals surface area contributed by atoms with Crippen molar-refractivity contribution in [3.8, 4) is 11.5 Å². The molecule has 0 radical (unpaired) electrons. The van der Waals surface area contributed by atoms with Gasteiger partial charge in [-0.1, -0.05) is 96.8 Å². The molecule has 4 rings (SSSR count). The van der Waals surface area contributed by atoms with Crippen LogP contribution in [0.15, 0.2) is 19.8 Å². The van der Waals surface area contributed by atoms with Crippen LogP contribution in [0.2, 0.25) is 0 Å². The van der Waals surface area contributed by atoms with Crippen LogP contribution in [0, 0.1) is 41.5 Å². The van der Waals surface area contributed by atoms with Gasteiger partial charge in [-0.25, -0.2) is 26.3 Å². The number of nitrogens with zero attached hydrogens (tertiary/aromatic N) is 2. The van der Waals surface area contributed by atoms with E-state index in [-0.39, 0.29) is 73.9 Å². The Balaban J connectivity index is 1.63. The Morgan fingerprint density at radius 1 is 0.395 bits per heavy atom. The van der Waals surface area contributed by atoms with Crippen LogP contribution in [0.25, 0.3) is 0 Å². The van der Waals surface area contributed by atoms with E-state index in [0.717, 1.165) is 48.8 Å². The fraction of sp³-hybridized carbons (Fsp3) is 0.711. The fourth-order valence-electron chi connectivity index (χ4n) is 15.2. The van der Waals surface area contributed by atoms with Crippen LogP contribution >= 0.6 is 0 Å². The van der Waals surface area contributed by atoms with Crippen LogP contribution < -0.4 is 89.7 Å². The maximum absolute atomic E-state index is 14.7. The lowest BCUT2D eigenvalue weighted by Crippen LogP contribution is -2.60. The number of fused-ring (bicyclic) bond motifs is 2. The zero-order valence-electron chi connectivity index (χ0n) is 80.1. The molecule has 9 atom stereocenters. The van der Waals surface area contributed by atoms with Crippen LogP contribution in [0.1, 0.15) is 309 Å². The molecule has 129 heavy (non-hydrogen) atoms. The summed E-state index contributed by atoms with van der Waals surface area (Å²) < 4.78 is 84.4. The minimum absolute atomic E-state index is 0.0338. The Morgan fingerprint density at radius 3 is 1.04 bits per heavy atom. The maximum atomic E-state index is 14.7. The van der Waals surface area contributed by atoms with Crippen molar-refractivity contribution in [2.45, 2.75) is 405 Å². The number of aliphatic imine (C=N–C) groups is 2. The third-order valence-corrected chi connectivity index (χ3v) is 25.5. The van der Waals surface area contributed by atoms with E-state index in [9.17, 15) is 74.4 Å². The molecule has 37 nitrogen and oxygen atoms in total. The average Bonchev–Trinajstić information content (AvgIpc) is 1.63. The van der Waals surface area contributed by atoms with Gasteiger partial charge < -0.3 is 89.7 Å². The van der Waals surface area contributed by atoms with Gasteiger partial charge in [0, 0.05) is 54.6 Å². The number of sulfonamides is 2. The Bertz CT molecular complexity index is 4560. The van der Waals surface area contributed by atoms with Crippen LogP contribution in [-0.2, 0) is 99.9 Å². The van der Waals surface area contributed by atoms with Crippen molar-refractivity contribution in [1.82, 2.24) is 57.3 Å². The molecule has 2 aromatic carbocycles. The van der Waals surface area contributed by atoms with E-state index in [1.807, 2.05) is 34.6 Å². The van der Waals surface area contributed by atoms with Crippen molar-refractivity contribution in [3.63, 3.8) is 0 Å². The van der Waals surface area contributed by atoms with E-state index in [1.54, 1.807) is 76.2 Å². The summed E-state index contributed by atoms with van der Waals surface area (Å²) in [5.74, 6) is -11.5. The molecule has 0 spiro atoms. The van der Waals surface area contributed by atoms with Gasteiger partial charge in [-0.05, 0) is 219 Å². The van der Waals surface area contributed by atoms with Gasteiger partial charge in [0.25, 0.3) is 20.0 Å². The summed E-state index contributed by atoms with van der Waals surface area (Å²) in [6.07, 6.45) is 16.9. The van der Waals surface area contributed by atoms with Gasteiger partial charge in [0.2, 0.25) is 71.0 Å². The second kappa shape index (κ2) is 51.0. The molecule has 0 aliphatic carbocycles. The van der Waals surface area contributed by atoms with E-state index in [2.05, 4.69) is 74.2 Å². The van der Waals surface area contributed by atoms with Gasteiger partial charge in [0.1, 0.15) is 88.3 Å². The molecule has 0 saturated heterocycles. The molecule has 2 aliphatic heterocycles. The van der Waals surface area contributed by atoms with E-state index in [4.69, 9.17) is 41.9 Å². The number of nitrogens with two attached hydrogens (primary N) is 4. The fourth-order valence-corrected chi connectivity index (χ4v) is 18.2. The van der Waals surface area contributed by atoms with Crippen molar-refractivity contribution in [2.24, 2.45) is 32.9 Å². The number of benzene rings is 2. The molecule has 10 amide bonds. The van der Waals surface area contributed by atoms with Crippen molar-refractivity contribution in [2.75, 3.05) is 19.6 Å². The summed E-state index contributed by atoms with van der Waals surface area (Å²) >= 11 is 0. The first kappa shape index (κ1) is 111. The number of guanidine groups is 2. The third kappa shape index (κ3) is 37.5. The van der Waals surface area contributed by atoms with E-state index >= 15 is 0 Å². The number of unbranched alkanes of at least 4 members (excludes halogenated alkanes) is 15. The molecule has 0 bridgehead atoms. The lowest BCUT2D eigenvalue weighted by molar-refractivity contribution is -0.157. The molecular weight excluding hydrogens is 1700 g/mol. The van der Waals surface area contributed by atoms with E-state index in [0.29, 0.717) is 71.4 Å². The molecule has 0 fully saturated rings. The van der Waals surface area contributed by atoms with Crippen LogP contribution in [-0.4, -0.2) is 196 Å². The summed E-state index contributed by atoms with van der Waals surface area (Å²) in [4.78, 5) is 175. The Hall–Kier alpha value is -9.92. The second-order valence-electron chi connectivity index (χ2n) is 37.4. The van der Waals surface area contributed by atoms with Gasteiger partial charge in [0.15, 0.2) is 0 Å². The molecular formula is C90H151N17O20S2. The quantitative estimate of drug-likeness (QED) is 0.0152. The number of hydrogen-bond acceptors (Lipinski definition) is 23. The SMILES string of the molecule is CCCCCCCCCCCCCCCCCC(=O)N[C@@H](CCCCN)C(=O)N[C@@H](CCCN=C(N)NS(=O)(=O)c1c(C)c(C)c2c(c1C)OC(C)(C)C2)C(=O)N[C@@H](C)C(=O)N[C@@H](CC(=O)OC(C)(C)C)C(=O)N[C@@H](C)C(=O)N[C@@H](CCCN=C(N)NS(=O)(=O)c1c(C)c(C)c2c(c1C)OC(C)(C)C2)C(=O)N[C@@H](C)C(=O)N[C@@H](CC(=O)OC(C)(C)C)C(=O)N[C@@H](C)C(N)=O. The molecule has 2 aromatic rings. The Kier molecular flexibility index (Phi) is 44.1. The standard InChI is InChI=1S/C90H151N17O20S2/c1-22-23-24-25-26-27-28-29-30-31-32-33-34-35-36-44-69(108)101-64(41-37-38-45-91)82(117)103-66(43-40-47-96-86(94)107-129(122,123)75-55(5)53(3)63-51-90(20,21)127-73(63)57(75)7)81(116)99-61(11)79(114)105-68(49-71(110)125-88(15,16)17)84(119)100-59(9)77(112)102-65(80(115)98-60(10)78(113)104-67(48-70(109)124-87(12,13)14)83(118)97-58(8)76(92)111)42-39-46-95-85(93)106-128(120,121)74-54(4)52(2)62-50-89(18,19)126-72(62)56(74)6/h58-61,64-68H,22-51,91H2,1-21H3,(H2,92,111)(H,97,118)(H,98,115)(H,99,116)(H,100,119)(H,101,108)(H,102,112)(H,103,117)(H,104,113)(H,105,114)(H3,93,95,106)(H3,94,96,107)/t58-,59-,60-,61-,64-,65-,66-,67-,68-/m0/s1. The first-order valence-corrected chi connectivity index (χ1v) is 48.4. The van der Waals surface area contributed by atoms with E-state index in [1.165, 1.54) is 85.5 Å². The minimum Gasteiger partial charge on any atom is -0.487 e. The zero-order valence-corrected chi connectivity index (χ0v) is 81.7. The number of hydrogen-bond donors (Lipinski definition) is 15. The normalized spacial score (nSPS) is 15.7. The third-order valence-electron chi connectivity index (χ3n) is 22.2. The van der Waals surface area contributed by atoms with Crippen molar-refractivity contribution in [1.29, 1.82) is 0 Å². The number of rotatable bonds is 54. The molecule has 2 aliphatic rings. The van der Waals surface area contributed by atoms with Crippen LogP contribution in [0.4, 0.5) is 0 Å². The molecule has 39 heteroatoms. The average molecular weight is 1860 g/mol. The summed E-state index contributed by atoms with van der Waals surface area (Å²) in [6, 6.07) is -13.9. The van der Waals surface area contributed by atoms with Crippen molar-refractivity contribution < 1.29 is 93.3 Å². The number of amides is 10. The van der Waals surface area contributed by atoms with Crippen molar-refractivity contribution >= 4 is 103 Å². The van der Waals surface area contributed by atoms with Crippen molar-refractivity contribution in [3.05, 3.63) is 44.5 Å². The van der Waals surface area contributed by atoms with Crippen LogP contribution in [0.3, 0.4) is 0 Å². The Morgan fingerprint density at radius 2 is 0.698 bits per heavy atom. The highest BCUT2D eigenvalue weighted by molar-refractivity contribution is 7.90. The predicted octanol–water partition coefficient (Wildman–Crippen LogP) is 6.19. The highest BCUT2D eigenvalue weighted by Crippen LogP contribution is 2.45. The lowest BCUT2D eigenvalue weighted by Gasteiger charge is -2.27. The Labute approximate surface area is 763 Å². The lowest BCUT2D eigenvalue weighted by atomic mass is 9.93. The summed E-state index contributed by atoms with van der Waals surface area (Å²) in [5, 5.41) is 22.7. The largest absolute Gasteiger partial charge is 0.487 e. The minimum atomic E-state index is -4.41. The number of carbonyl (C=O) groups excluding carboxylic acids is 12. The number of primary amides is 1. The molecule has 728 valence electrons. The molecule has 19 N–H and O–H groups in total. The summed E-state index contributed by atoms with van der Waals surface area (Å²) in [6.45, 7) is 34.0. The topological polar surface area (TPSA) is 571 Å². The monoisotopic (exact) mass is 1850 g/mol. The van der Waals surface area contributed by atoms with Gasteiger partial charge >= 0.3 is 11.9 Å². The highest BCUT2D eigenvalue weighted by atomic mass is 32.2. The van der Waals surface area contributed by atoms with Gasteiger partial charge in [-0.3, -0.25) is 67.5 Å². The van der Waals surface area contributed by atoms with E-state index < -0.39 is 187 Å². The molecule has 2 heterocycles. The zero-order chi connectivity index (χ0) is 97.4. The molecule has 0 unspecified atom stereocenters. The second-order valence-corrected chi connectivity index (χ2v) is 40.6. The first-order valence-electron chi connectivity index (χ1n) is 45.4. The van der Waals surface area contributed by atoms with Gasteiger partial charge in [-0.15, -0.1) is 0 Å². The molecule has 0 saturated carbocycles.